The van der Waals surface area contributed by atoms with Gasteiger partial charge in [0.15, 0.2) is 0 Å². The van der Waals surface area contributed by atoms with Crippen molar-refractivity contribution >= 4 is 23.2 Å². The molecule has 1 N–H and O–H groups in total. The zero-order valence-corrected chi connectivity index (χ0v) is 11.1. The first kappa shape index (κ1) is 14.0. The van der Waals surface area contributed by atoms with E-state index in [1.807, 2.05) is 0 Å². The second kappa shape index (κ2) is 6.16. The van der Waals surface area contributed by atoms with Gasteiger partial charge < -0.3 is 5.32 Å². The van der Waals surface area contributed by atoms with Crippen LogP contribution in [0.3, 0.4) is 0 Å². The topological polar surface area (TPSA) is 90.1 Å². The molecule has 0 spiro atoms. The second-order valence-corrected chi connectivity index (χ2v) is 4.36. The molecule has 1 aromatic carbocycles. The van der Waals surface area contributed by atoms with Crippen molar-refractivity contribution in [3.8, 4) is 0 Å². The van der Waals surface area contributed by atoms with Gasteiger partial charge in [-0.05, 0) is 18.2 Å². The molecule has 0 aliphatic carbocycles. The predicted octanol–water partition coefficient (Wildman–Crippen LogP) is 1.87. The minimum atomic E-state index is -0.622. The highest BCUT2D eigenvalue weighted by molar-refractivity contribution is 6.32. The lowest BCUT2D eigenvalue weighted by molar-refractivity contribution is -0.384. The molecule has 0 unspecified atom stereocenters. The van der Waals surface area contributed by atoms with Crippen LogP contribution in [0.25, 0.3) is 0 Å². The third-order valence-corrected chi connectivity index (χ3v) is 2.91. The Kier molecular flexibility index (Phi) is 4.31. The van der Waals surface area contributed by atoms with Crippen LogP contribution >= 0.6 is 11.6 Å². The summed E-state index contributed by atoms with van der Waals surface area (Å²) in [4.78, 5) is 22.0. The zero-order valence-electron chi connectivity index (χ0n) is 10.3. The van der Waals surface area contributed by atoms with E-state index in [9.17, 15) is 14.9 Å². The number of nitro benzene ring substituents is 1. The first-order chi connectivity index (χ1) is 9.58. The van der Waals surface area contributed by atoms with Gasteiger partial charge >= 0.3 is 0 Å². The number of aromatic nitrogens is 2. The predicted molar refractivity (Wildman–Crippen MR) is 72.7 cm³/mol. The Morgan fingerprint density at radius 3 is 2.95 bits per heavy atom. The molecule has 0 aliphatic heterocycles. The Balaban J connectivity index is 1.98. The Morgan fingerprint density at radius 2 is 2.30 bits per heavy atom. The minimum absolute atomic E-state index is 0.00286. The number of halogens is 1. The number of benzene rings is 1. The maximum absolute atomic E-state index is 11.9. The number of carbonyl (C=O) groups is 1. The molecule has 104 valence electrons. The van der Waals surface area contributed by atoms with E-state index in [4.69, 9.17) is 11.6 Å². The number of rotatable bonds is 5. The molecule has 0 bridgehead atoms. The standard InChI is InChI=1S/C12H11ClN4O3/c13-10-3-2-9(8-11(10)17(19)20)12(18)14-5-7-16-6-1-4-15-16/h1-4,6,8H,5,7H2,(H,14,18). The van der Waals surface area contributed by atoms with Crippen LogP contribution in [-0.4, -0.2) is 27.2 Å². The van der Waals surface area contributed by atoms with E-state index in [1.54, 1.807) is 23.1 Å². The highest BCUT2D eigenvalue weighted by atomic mass is 35.5. The van der Waals surface area contributed by atoms with E-state index >= 15 is 0 Å². The third-order valence-electron chi connectivity index (χ3n) is 2.59. The molecule has 0 fully saturated rings. The summed E-state index contributed by atoms with van der Waals surface area (Å²) in [6, 6.07) is 5.72. The molecule has 0 aliphatic rings. The lowest BCUT2D eigenvalue weighted by Crippen LogP contribution is -2.27. The van der Waals surface area contributed by atoms with Crippen molar-refractivity contribution in [2.24, 2.45) is 0 Å². The minimum Gasteiger partial charge on any atom is -0.350 e. The summed E-state index contributed by atoms with van der Waals surface area (Å²) >= 11 is 5.68. The van der Waals surface area contributed by atoms with Crippen LogP contribution < -0.4 is 5.32 Å². The van der Waals surface area contributed by atoms with Crippen LogP contribution in [0.1, 0.15) is 10.4 Å². The highest BCUT2D eigenvalue weighted by Gasteiger charge is 2.15. The molecule has 1 amide bonds. The summed E-state index contributed by atoms with van der Waals surface area (Å²) in [7, 11) is 0. The lowest BCUT2D eigenvalue weighted by Gasteiger charge is -2.06. The number of nitro groups is 1. The fraction of sp³-hybridized carbons (Fsp3) is 0.167. The van der Waals surface area contributed by atoms with Crippen LogP contribution in [0.2, 0.25) is 5.02 Å². The van der Waals surface area contributed by atoms with E-state index in [2.05, 4.69) is 10.4 Å². The van der Waals surface area contributed by atoms with Gasteiger partial charge in [0.1, 0.15) is 5.02 Å². The van der Waals surface area contributed by atoms with Crippen LogP contribution in [0.15, 0.2) is 36.7 Å². The normalized spacial score (nSPS) is 10.2. The second-order valence-electron chi connectivity index (χ2n) is 3.95. The molecule has 1 aromatic heterocycles. The smallest absolute Gasteiger partial charge is 0.288 e. The van der Waals surface area contributed by atoms with E-state index < -0.39 is 10.8 Å². The molecule has 0 saturated carbocycles. The van der Waals surface area contributed by atoms with Crippen LogP contribution in [0.4, 0.5) is 5.69 Å². The van der Waals surface area contributed by atoms with E-state index in [-0.39, 0.29) is 16.3 Å². The summed E-state index contributed by atoms with van der Waals surface area (Å²) < 4.78 is 1.67. The number of hydrogen-bond donors (Lipinski definition) is 1. The van der Waals surface area contributed by atoms with Crippen molar-refractivity contribution in [3.63, 3.8) is 0 Å². The van der Waals surface area contributed by atoms with Crippen LogP contribution in [0.5, 0.6) is 0 Å². The van der Waals surface area contributed by atoms with Gasteiger partial charge in [-0.25, -0.2) is 0 Å². The average molecular weight is 295 g/mol. The molecule has 1 heterocycles. The number of hydrogen-bond acceptors (Lipinski definition) is 4. The maximum atomic E-state index is 11.9. The molecular formula is C12H11ClN4O3. The fourth-order valence-corrected chi connectivity index (χ4v) is 1.80. The first-order valence-electron chi connectivity index (χ1n) is 5.77. The Labute approximate surface area is 119 Å². The summed E-state index contributed by atoms with van der Waals surface area (Å²) in [6.45, 7) is 0.894. The molecule has 0 radical (unpaired) electrons. The number of carbonyl (C=O) groups excluding carboxylic acids is 1. The molecule has 2 aromatic rings. The quantitative estimate of drug-likeness (QED) is 0.673. The van der Waals surface area contributed by atoms with Crippen LogP contribution in [-0.2, 0) is 6.54 Å². The molecule has 8 heteroatoms. The molecule has 20 heavy (non-hydrogen) atoms. The fourth-order valence-electron chi connectivity index (χ4n) is 1.61. The molecule has 0 atom stereocenters. The summed E-state index contributed by atoms with van der Waals surface area (Å²) in [5.74, 6) is -0.392. The Morgan fingerprint density at radius 1 is 1.50 bits per heavy atom. The van der Waals surface area contributed by atoms with E-state index in [0.717, 1.165) is 6.07 Å². The van der Waals surface area contributed by atoms with Gasteiger partial charge in [0, 0.05) is 30.6 Å². The third kappa shape index (κ3) is 3.33. The van der Waals surface area contributed by atoms with Gasteiger partial charge in [-0.2, -0.15) is 5.10 Å². The van der Waals surface area contributed by atoms with Crippen LogP contribution in [0, 0.1) is 10.1 Å². The number of nitrogens with zero attached hydrogens (tertiary/aromatic N) is 3. The van der Waals surface area contributed by atoms with Crippen molar-refractivity contribution in [2.75, 3.05) is 6.54 Å². The van der Waals surface area contributed by atoms with Gasteiger partial charge in [0.05, 0.1) is 11.5 Å². The number of nitrogens with one attached hydrogen (secondary N) is 1. The molecule has 7 nitrogen and oxygen atoms in total. The molecule has 0 saturated heterocycles. The number of amides is 1. The van der Waals surface area contributed by atoms with Gasteiger partial charge in [-0.15, -0.1) is 0 Å². The molecule has 2 rings (SSSR count). The van der Waals surface area contributed by atoms with Crippen molar-refractivity contribution < 1.29 is 9.72 Å². The average Bonchev–Trinajstić information content (AvgIpc) is 2.92. The van der Waals surface area contributed by atoms with E-state index in [0.29, 0.717) is 13.1 Å². The Bertz CT molecular complexity index is 628. The summed E-state index contributed by atoms with van der Waals surface area (Å²) in [5, 5.41) is 17.4. The Hall–Kier alpha value is -2.41. The van der Waals surface area contributed by atoms with Gasteiger partial charge in [0.2, 0.25) is 0 Å². The summed E-state index contributed by atoms with van der Waals surface area (Å²) in [5.41, 5.74) is -0.0899. The lowest BCUT2D eigenvalue weighted by atomic mass is 10.2. The largest absolute Gasteiger partial charge is 0.350 e. The zero-order chi connectivity index (χ0) is 14.5. The van der Waals surface area contributed by atoms with Crippen molar-refractivity contribution in [2.45, 2.75) is 6.54 Å². The van der Waals surface area contributed by atoms with Gasteiger partial charge in [-0.3, -0.25) is 19.6 Å². The monoisotopic (exact) mass is 294 g/mol. The highest BCUT2D eigenvalue weighted by Crippen LogP contribution is 2.24. The van der Waals surface area contributed by atoms with Gasteiger partial charge in [0.25, 0.3) is 11.6 Å². The SMILES string of the molecule is O=C(NCCn1cccn1)c1ccc(Cl)c([N+](=O)[O-])c1. The maximum Gasteiger partial charge on any atom is 0.288 e. The van der Waals surface area contributed by atoms with E-state index in [1.165, 1.54) is 12.1 Å². The van der Waals surface area contributed by atoms with Gasteiger partial charge in [-0.1, -0.05) is 11.6 Å². The van der Waals surface area contributed by atoms with Crippen molar-refractivity contribution in [1.29, 1.82) is 0 Å². The van der Waals surface area contributed by atoms with Crippen molar-refractivity contribution in [1.82, 2.24) is 15.1 Å². The first-order valence-corrected chi connectivity index (χ1v) is 6.15. The summed E-state index contributed by atoms with van der Waals surface area (Å²) in [6.07, 6.45) is 3.42. The molecular weight excluding hydrogens is 284 g/mol. The van der Waals surface area contributed by atoms with Crippen molar-refractivity contribution in [3.05, 3.63) is 57.4 Å².